The fourth-order valence-electron chi connectivity index (χ4n) is 2.21. The van der Waals surface area contributed by atoms with Crippen molar-refractivity contribution >= 4 is 5.69 Å². The first-order valence-corrected chi connectivity index (χ1v) is 6.34. The first-order chi connectivity index (χ1) is 8.29. The molecule has 0 spiro atoms. The number of aliphatic hydroxyl groups is 1. The van der Waals surface area contributed by atoms with E-state index in [2.05, 4.69) is 24.0 Å². The van der Waals surface area contributed by atoms with Gasteiger partial charge in [0, 0.05) is 25.9 Å². The lowest BCUT2D eigenvalue weighted by molar-refractivity contribution is 0.250. The van der Waals surface area contributed by atoms with Crippen LogP contribution in [-0.2, 0) is 13.0 Å². The van der Waals surface area contributed by atoms with E-state index < -0.39 is 0 Å². The van der Waals surface area contributed by atoms with Crippen LogP contribution in [0.5, 0.6) is 0 Å². The molecule has 0 aromatic heterocycles. The third kappa shape index (κ3) is 4.02. The summed E-state index contributed by atoms with van der Waals surface area (Å²) in [7, 11) is 1.00. The van der Waals surface area contributed by atoms with Gasteiger partial charge in [0.25, 0.3) is 0 Å². The van der Waals surface area contributed by atoms with Crippen molar-refractivity contribution < 1.29 is 5.11 Å². The van der Waals surface area contributed by atoms with Gasteiger partial charge in [-0.1, -0.05) is 19.4 Å². The number of anilines is 1. The Bertz CT molecular complexity index is 339. The predicted octanol–water partition coefficient (Wildman–Crippen LogP) is 2.04. The van der Waals surface area contributed by atoms with Crippen LogP contribution in [0.1, 0.15) is 30.9 Å². The quantitative estimate of drug-likeness (QED) is 0.790. The highest BCUT2D eigenvalue weighted by Gasteiger charge is 2.15. The Morgan fingerprint density at radius 3 is 2.76 bits per heavy atom. The number of fused-ring (bicyclic) bond motifs is 1. The summed E-state index contributed by atoms with van der Waals surface area (Å²) in [6.45, 7) is 5.76. The Balaban J connectivity index is 0.000000686. The van der Waals surface area contributed by atoms with Gasteiger partial charge < -0.3 is 10.8 Å². The van der Waals surface area contributed by atoms with E-state index in [1.54, 1.807) is 0 Å². The highest BCUT2D eigenvalue weighted by Crippen LogP contribution is 2.21. The van der Waals surface area contributed by atoms with Crippen LogP contribution in [0.25, 0.3) is 0 Å². The molecule has 17 heavy (non-hydrogen) atoms. The fraction of sp³-hybridized carbons (Fsp3) is 0.571. The zero-order chi connectivity index (χ0) is 12.7. The molecule has 1 aromatic rings. The molecule has 2 rings (SSSR count). The molecule has 1 heterocycles. The van der Waals surface area contributed by atoms with Gasteiger partial charge in [-0.05, 0) is 42.6 Å². The number of unbranched alkanes of at least 4 members (excludes halogenated alkanes) is 1. The van der Waals surface area contributed by atoms with Crippen LogP contribution in [0.2, 0.25) is 0 Å². The van der Waals surface area contributed by atoms with Crippen LogP contribution >= 0.6 is 0 Å². The zero-order valence-corrected chi connectivity index (χ0v) is 10.9. The number of nitrogens with zero attached hydrogens (tertiary/aromatic N) is 1. The third-order valence-electron chi connectivity index (χ3n) is 3.15. The van der Waals surface area contributed by atoms with Crippen LogP contribution in [0.3, 0.4) is 0 Å². The van der Waals surface area contributed by atoms with Crippen molar-refractivity contribution in [2.75, 3.05) is 25.9 Å². The van der Waals surface area contributed by atoms with E-state index in [1.807, 2.05) is 6.07 Å². The highest BCUT2D eigenvalue weighted by molar-refractivity contribution is 5.45. The molecule has 1 aliphatic rings. The van der Waals surface area contributed by atoms with E-state index in [0.717, 1.165) is 19.3 Å². The average Bonchev–Trinajstić information content (AvgIpc) is 2.38. The molecular weight excluding hydrogens is 212 g/mol. The molecule has 0 bridgehead atoms. The Kier molecular flexibility index (Phi) is 6.01. The number of benzene rings is 1. The van der Waals surface area contributed by atoms with Gasteiger partial charge in [0.05, 0.1) is 0 Å². The Morgan fingerprint density at radius 1 is 1.29 bits per heavy atom. The molecule has 1 aliphatic heterocycles. The maximum Gasteiger partial charge on any atom is 0.0319 e. The Hall–Kier alpha value is -1.06. The summed E-state index contributed by atoms with van der Waals surface area (Å²) >= 11 is 0. The van der Waals surface area contributed by atoms with Crippen molar-refractivity contribution in [3.05, 3.63) is 29.3 Å². The molecule has 0 unspecified atom stereocenters. The molecule has 0 aliphatic carbocycles. The molecule has 0 saturated carbocycles. The first-order valence-electron chi connectivity index (χ1n) is 6.34. The lowest BCUT2D eigenvalue weighted by atomic mass is 9.99. The second-order valence-electron chi connectivity index (χ2n) is 4.41. The average molecular weight is 236 g/mol. The second kappa shape index (κ2) is 7.30. The van der Waals surface area contributed by atoms with Crippen LogP contribution in [-0.4, -0.2) is 30.2 Å². The van der Waals surface area contributed by atoms with Crippen LogP contribution in [0.15, 0.2) is 18.2 Å². The minimum absolute atomic E-state index is 0.895. The molecular formula is C14H24N2O. The molecule has 0 saturated heterocycles. The van der Waals surface area contributed by atoms with Crippen molar-refractivity contribution in [1.82, 2.24) is 4.90 Å². The van der Waals surface area contributed by atoms with Crippen molar-refractivity contribution in [2.45, 2.75) is 32.7 Å². The SMILES string of the molecule is CCCCN1CCc2ccc(N)cc2C1.CO. The van der Waals surface area contributed by atoms with Crippen molar-refractivity contribution in [1.29, 1.82) is 0 Å². The Morgan fingerprint density at radius 2 is 2.06 bits per heavy atom. The van der Waals surface area contributed by atoms with Gasteiger partial charge in [-0.2, -0.15) is 0 Å². The third-order valence-corrected chi connectivity index (χ3v) is 3.15. The maximum atomic E-state index is 7.00. The van der Waals surface area contributed by atoms with Gasteiger partial charge >= 0.3 is 0 Å². The summed E-state index contributed by atoms with van der Waals surface area (Å²) < 4.78 is 0. The second-order valence-corrected chi connectivity index (χ2v) is 4.41. The lowest BCUT2D eigenvalue weighted by Crippen LogP contribution is -2.31. The summed E-state index contributed by atoms with van der Waals surface area (Å²) in [4.78, 5) is 2.53. The van der Waals surface area contributed by atoms with Crippen LogP contribution in [0.4, 0.5) is 5.69 Å². The minimum atomic E-state index is 0.895. The smallest absolute Gasteiger partial charge is 0.0319 e. The predicted molar refractivity (Wildman–Crippen MR) is 72.9 cm³/mol. The molecule has 3 N–H and O–H groups in total. The van der Waals surface area contributed by atoms with Crippen molar-refractivity contribution in [2.24, 2.45) is 0 Å². The lowest BCUT2D eigenvalue weighted by Gasteiger charge is -2.28. The molecule has 0 radical (unpaired) electrons. The number of nitrogen functional groups attached to an aromatic ring is 1. The largest absolute Gasteiger partial charge is 0.400 e. The van der Waals surface area contributed by atoms with Gasteiger partial charge in [-0.25, -0.2) is 0 Å². The maximum absolute atomic E-state index is 7.00. The molecule has 0 fully saturated rings. The van der Waals surface area contributed by atoms with Gasteiger partial charge in [-0.3, -0.25) is 4.90 Å². The number of aliphatic hydroxyl groups excluding tert-OH is 1. The summed E-state index contributed by atoms with van der Waals surface area (Å²) in [6.07, 6.45) is 3.76. The standard InChI is InChI=1S/C13H20N2.CH4O/c1-2-3-7-15-8-6-11-4-5-13(14)9-12(11)10-15;1-2/h4-5,9H,2-3,6-8,10,14H2,1H3;2H,1H3. The molecule has 3 heteroatoms. The van der Waals surface area contributed by atoms with Gasteiger partial charge in [0.2, 0.25) is 0 Å². The number of rotatable bonds is 3. The monoisotopic (exact) mass is 236 g/mol. The van der Waals surface area contributed by atoms with E-state index >= 15 is 0 Å². The number of hydrogen-bond donors (Lipinski definition) is 2. The fourth-order valence-corrected chi connectivity index (χ4v) is 2.21. The zero-order valence-electron chi connectivity index (χ0n) is 10.9. The first kappa shape index (κ1) is 14.0. The summed E-state index contributed by atoms with van der Waals surface area (Å²) in [6, 6.07) is 6.33. The molecule has 96 valence electrons. The normalized spacial score (nSPS) is 14.8. The Labute approximate surface area is 104 Å². The van der Waals surface area contributed by atoms with Crippen molar-refractivity contribution in [3.63, 3.8) is 0 Å². The van der Waals surface area contributed by atoms with Crippen LogP contribution < -0.4 is 5.73 Å². The summed E-state index contributed by atoms with van der Waals surface area (Å²) in [5.74, 6) is 0. The molecule has 0 amide bonds. The van der Waals surface area contributed by atoms with E-state index in [0.29, 0.717) is 0 Å². The molecule has 1 aromatic carbocycles. The van der Waals surface area contributed by atoms with E-state index in [-0.39, 0.29) is 0 Å². The van der Waals surface area contributed by atoms with E-state index in [4.69, 9.17) is 10.8 Å². The van der Waals surface area contributed by atoms with Crippen molar-refractivity contribution in [3.8, 4) is 0 Å². The molecule has 3 nitrogen and oxygen atoms in total. The highest BCUT2D eigenvalue weighted by atomic mass is 16.2. The topological polar surface area (TPSA) is 49.5 Å². The molecule has 0 atom stereocenters. The number of hydrogen-bond acceptors (Lipinski definition) is 3. The van der Waals surface area contributed by atoms with Gasteiger partial charge in [-0.15, -0.1) is 0 Å². The van der Waals surface area contributed by atoms with E-state index in [1.165, 1.54) is 43.5 Å². The summed E-state index contributed by atoms with van der Waals surface area (Å²) in [5, 5.41) is 7.00. The minimum Gasteiger partial charge on any atom is -0.400 e. The van der Waals surface area contributed by atoms with Gasteiger partial charge in [0.15, 0.2) is 0 Å². The van der Waals surface area contributed by atoms with Crippen LogP contribution in [0, 0.1) is 0 Å². The number of nitrogens with two attached hydrogens (primary N) is 1. The van der Waals surface area contributed by atoms with E-state index in [9.17, 15) is 0 Å². The van der Waals surface area contributed by atoms with Gasteiger partial charge in [0.1, 0.15) is 0 Å². The summed E-state index contributed by atoms with van der Waals surface area (Å²) in [5.41, 5.74) is 9.61.